The van der Waals surface area contributed by atoms with Gasteiger partial charge in [0, 0.05) is 10.8 Å². The first-order chi connectivity index (χ1) is 20.8. The lowest BCUT2D eigenvalue weighted by Crippen LogP contribution is -1.91. The molecule has 0 aliphatic carbocycles. The molecule has 196 valence electrons. The van der Waals surface area contributed by atoms with Crippen molar-refractivity contribution in [3.63, 3.8) is 0 Å². The molecular formula is C40H24O2. The van der Waals surface area contributed by atoms with Gasteiger partial charge in [-0.3, -0.25) is 0 Å². The zero-order chi connectivity index (χ0) is 27.6. The number of fused-ring (bicyclic) bond motifs is 7. The van der Waals surface area contributed by atoms with E-state index < -0.39 is 0 Å². The number of benzene rings is 7. The Morgan fingerprint density at radius 2 is 0.810 bits per heavy atom. The van der Waals surface area contributed by atoms with Gasteiger partial charge in [-0.2, -0.15) is 0 Å². The Hall–Kier alpha value is -5.60. The fraction of sp³-hybridized carbons (Fsp3) is 0. The molecule has 7 aromatic carbocycles. The molecule has 0 unspecified atom stereocenters. The molecule has 0 bridgehead atoms. The third-order valence-electron chi connectivity index (χ3n) is 8.50. The summed E-state index contributed by atoms with van der Waals surface area (Å²) in [6.45, 7) is 0. The van der Waals surface area contributed by atoms with Crippen LogP contribution in [0.2, 0.25) is 0 Å². The van der Waals surface area contributed by atoms with Crippen molar-refractivity contribution in [1.82, 2.24) is 0 Å². The van der Waals surface area contributed by atoms with Crippen molar-refractivity contribution in [3.8, 4) is 33.4 Å². The molecule has 2 nitrogen and oxygen atoms in total. The van der Waals surface area contributed by atoms with Gasteiger partial charge in [-0.25, -0.2) is 0 Å². The van der Waals surface area contributed by atoms with Gasteiger partial charge in [-0.1, -0.05) is 121 Å². The van der Waals surface area contributed by atoms with Crippen LogP contribution >= 0.6 is 0 Å². The van der Waals surface area contributed by atoms with Crippen molar-refractivity contribution in [2.75, 3.05) is 0 Å². The number of hydrogen-bond donors (Lipinski definition) is 0. The molecule has 0 N–H and O–H groups in total. The first-order valence-corrected chi connectivity index (χ1v) is 14.3. The van der Waals surface area contributed by atoms with Crippen LogP contribution in [-0.2, 0) is 0 Å². The molecule has 42 heavy (non-hydrogen) atoms. The SMILES string of the molecule is c1ccc(-c2cccc(-c3c4ccccc4c(-c4ccc5c(c4)oc4oc6ccccc6c45)c4ccccc34)c2)cc1. The highest BCUT2D eigenvalue weighted by molar-refractivity contribution is 6.23. The van der Waals surface area contributed by atoms with Crippen LogP contribution in [-0.4, -0.2) is 0 Å². The van der Waals surface area contributed by atoms with E-state index in [0.717, 1.165) is 32.9 Å². The topological polar surface area (TPSA) is 26.3 Å². The molecule has 2 aromatic heterocycles. The van der Waals surface area contributed by atoms with Gasteiger partial charge in [0.05, 0.1) is 5.39 Å². The summed E-state index contributed by atoms with van der Waals surface area (Å²) in [5, 5.41) is 8.09. The molecule has 0 aliphatic heterocycles. The maximum atomic E-state index is 6.31. The summed E-state index contributed by atoms with van der Waals surface area (Å²) in [6, 6.07) is 51.7. The number of rotatable bonds is 3. The van der Waals surface area contributed by atoms with Crippen LogP contribution in [0.5, 0.6) is 0 Å². The zero-order valence-electron chi connectivity index (χ0n) is 22.7. The maximum absolute atomic E-state index is 6.31. The molecule has 0 radical (unpaired) electrons. The standard InChI is InChI=1S/C40H24O2/c1-2-11-25(12-3-1)26-13-10-14-27(23-26)37-29-15-4-6-17-31(29)38(32-18-7-5-16-30(32)37)28-21-22-34-36(24-28)42-40-39(34)33-19-8-9-20-35(33)41-40/h1-24H. The van der Waals surface area contributed by atoms with Gasteiger partial charge >= 0.3 is 0 Å². The lowest BCUT2D eigenvalue weighted by molar-refractivity contribution is 0.524. The monoisotopic (exact) mass is 536 g/mol. The lowest BCUT2D eigenvalue weighted by Gasteiger charge is -2.18. The van der Waals surface area contributed by atoms with E-state index in [4.69, 9.17) is 8.83 Å². The largest absolute Gasteiger partial charge is 0.425 e. The van der Waals surface area contributed by atoms with Gasteiger partial charge < -0.3 is 8.83 Å². The van der Waals surface area contributed by atoms with Crippen LogP contribution in [0.3, 0.4) is 0 Å². The van der Waals surface area contributed by atoms with Crippen LogP contribution in [0.25, 0.3) is 88.0 Å². The van der Waals surface area contributed by atoms with Crippen LogP contribution < -0.4 is 0 Å². The lowest BCUT2D eigenvalue weighted by atomic mass is 9.85. The van der Waals surface area contributed by atoms with E-state index in [1.165, 1.54) is 49.4 Å². The summed E-state index contributed by atoms with van der Waals surface area (Å²) in [5.74, 6) is 0.576. The van der Waals surface area contributed by atoms with E-state index >= 15 is 0 Å². The predicted octanol–water partition coefficient (Wildman–Crippen LogP) is 11.6. The molecule has 9 aromatic rings. The normalized spacial score (nSPS) is 11.8. The molecule has 0 fully saturated rings. The molecule has 0 amide bonds. The van der Waals surface area contributed by atoms with Crippen LogP contribution in [0.1, 0.15) is 0 Å². The van der Waals surface area contributed by atoms with E-state index in [1.807, 2.05) is 18.2 Å². The molecule has 0 spiro atoms. The van der Waals surface area contributed by atoms with Crippen LogP contribution in [0, 0.1) is 0 Å². The van der Waals surface area contributed by atoms with Gasteiger partial charge in [-0.15, -0.1) is 0 Å². The maximum Gasteiger partial charge on any atom is 0.299 e. The van der Waals surface area contributed by atoms with Crippen LogP contribution in [0.4, 0.5) is 0 Å². The second-order valence-electron chi connectivity index (χ2n) is 10.9. The smallest absolute Gasteiger partial charge is 0.299 e. The third-order valence-corrected chi connectivity index (χ3v) is 8.50. The second kappa shape index (κ2) is 8.95. The van der Waals surface area contributed by atoms with Crippen molar-refractivity contribution in [3.05, 3.63) is 146 Å². The first-order valence-electron chi connectivity index (χ1n) is 14.3. The minimum atomic E-state index is 0.576. The average Bonchev–Trinajstić information content (AvgIpc) is 3.59. The highest BCUT2D eigenvalue weighted by Crippen LogP contribution is 2.45. The fourth-order valence-electron chi connectivity index (χ4n) is 6.65. The Balaban J connectivity index is 1.31. The summed E-state index contributed by atoms with van der Waals surface area (Å²) in [7, 11) is 0. The van der Waals surface area contributed by atoms with Crippen molar-refractivity contribution in [2.45, 2.75) is 0 Å². The molecule has 2 heteroatoms. The molecular weight excluding hydrogens is 512 g/mol. The number of hydrogen-bond acceptors (Lipinski definition) is 2. The third kappa shape index (κ3) is 3.39. The molecule has 0 aliphatic rings. The van der Waals surface area contributed by atoms with E-state index in [2.05, 4.69) is 127 Å². The molecule has 0 saturated carbocycles. The molecule has 9 rings (SSSR count). The highest BCUT2D eigenvalue weighted by Gasteiger charge is 2.19. The van der Waals surface area contributed by atoms with Gasteiger partial charge in [-0.05, 0) is 79.2 Å². The van der Waals surface area contributed by atoms with Gasteiger partial charge in [0.15, 0.2) is 0 Å². The molecule has 2 heterocycles. The van der Waals surface area contributed by atoms with E-state index in [9.17, 15) is 0 Å². The van der Waals surface area contributed by atoms with Crippen molar-refractivity contribution >= 4 is 54.6 Å². The second-order valence-corrected chi connectivity index (χ2v) is 10.9. The van der Waals surface area contributed by atoms with E-state index in [1.54, 1.807) is 0 Å². The number of furan rings is 2. The van der Waals surface area contributed by atoms with E-state index in [0.29, 0.717) is 5.78 Å². The van der Waals surface area contributed by atoms with Crippen molar-refractivity contribution in [2.24, 2.45) is 0 Å². The highest BCUT2D eigenvalue weighted by atomic mass is 16.5. The van der Waals surface area contributed by atoms with E-state index in [-0.39, 0.29) is 0 Å². The minimum Gasteiger partial charge on any atom is -0.425 e. The van der Waals surface area contributed by atoms with Gasteiger partial charge in [0.25, 0.3) is 5.78 Å². The quantitative estimate of drug-likeness (QED) is 0.210. The Morgan fingerprint density at radius 1 is 0.310 bits per heavy atom. The number of para-hydroxylation sites is 1. The van der Waals surface area contributed by atoms with Crippen LogP contribution in [0.15, 0.2) is 154 Å². The fourth-order valence-corrected chi connectivity index (χ4v) is 6.65. The average molecular weight is 537 g/mol. The summed E-state index contributed by atoms with van der Waals surface area (Å²) < 4.78 is 12.4. The Morgan fingerprint density at radius 3 is 1.50 bits per heavy atom. The Labute approximate surface area is 242 Å². The predicted molar refractivity (Wildman–Crippen MR) is 175 cm³/mol. The zero-order valence-corrected chi connectivity index (χ0v) is 22.7. The Bertz CT molecular complexity index is 2400. The summed E-state index contributed by atoms with van der Waals surface area (Å²) >= 11 is 0. The van der Waals surface area contributed by atoms with Crippen molar-refractivity contribution in [1.29, 1.82) is 0 Å². The summed E-state index contributed by atoms with van der Waals surface area (Å²) in [4.78, 5) is 0. The molecule has 0 saturated heterocycles. The summed E-state index contributed by atoms with van der Waals surface area (Å²) in [5.41, 5.74) is 8.92. The summed E-state index contributed by atoms with van der Waals surface area (Å²) in [6.07, 6.45) is 0. The van der Waals surface area contributed by atoms with Crippen molar-refractivity contribution < 1.29 is 8.83 Å². The van der Waals surface area contributed by atoms with Gasteiger partial charge in [0.1, 0.15) is 11.2 Å². The minimum absolute atomic E-state index is 0.576. The van der Waals surface area contributed by atoms with Gasteiger partial charge in [0.2, 0.25) is 0 Å². The Kier molecular flexibility index (Phi) is 4.93. The first kappa shape index (κ1) is 23.1. The molecule has 0 atom stereocenters.